The van der Waals surface area contributed by atoms with Crippen LogP contribution < -0.4 is 4.83 Å². The Bertz CT molecular complexity index is 1010. The van der Waals surface area contributed by atoms with Crippen LogP contribution in [0.4, 0.5) is 0 Å². The lowest BCUT2D eigenvalue weighted by Gasteiger charge is -2.07. The topological polar surface area (TPSA) is 58.5 Å². The molecule has 0 aliphatic carbocycles. The first-order chi connectivity index (χ1) is 11.5. The van der Waals surface area contributed by atoms with Crippen LogP contribution in [0.15, 0.2) is 76.7 Å². The highest BCUT2D eigenvalue weighted by Crippen LogP contribution is 2.16. The number of hydrazone groups is 1. The van der Waals surface area contributed by atoms with Crippen LogP contribution in [-0.2, 0) is 10.0 Å². The van der Waals surface area contributed by atoms with Crippen LogP contribution in [0.3, 0.4) is 0 Å². The molecule has 0 saturated carbocycles. The van der Waals surface area contributed by atoms with Gasteiger partial charge in [-0.05, 0) is 48.4 Å². The van der Waals surface area contributed by atoms with Crippen LogP contribution in [-0.4, -0.2) is 14.1 Å². The predicted octanol–water partition coefficient (Wildman–Crippen LogP) is 3.85. The Morgan fingerprint density at radius 2 is 1.58 bits per heavy atom. The summed E-state index contributed by atoms with van der Waals surface area (Å²) < 4.78 is 24.5. The second-order valence-corrected chi connectivity index (χ2v) is 7.33. The number of benzene rings is 3. The van der Waals surface area contributed by atoms with Crippen molar-refractivity contribution in [2.45, 2.75) is 18.7 Å². The largest absolute Gasteiger partial charge is 0.276 e. The third-order valence-corrected chi connectivity index (χ3v) is 5.06. The molecule has 0 saturated heterocycles. The number of hydrogen-bond acceptors (Lipinski definition) is 3. The Morgan fingerprint density at radius 1 is 0.917 bits per heavy atom. The summed E-state index contributed by atoms with van der Waals surface area (Å²) in [5.74, 6) is 0. The van der Waals surface area contributed by atoms with Gasteiger partial charge in [0, 0.05) is 0 Å². The molecule has 3 aromatic rings. The van der Waals surface area contributed by atoms with Gasteiger partial charge in [-0.15, -0.1) is 0 Å². The smallest absolute Gasteiger partial charge is 0.200 e. The second-order valence-electron chi connectivity index (χ2n) is 5.67. The van der Waals surface area contributed by atoms with Crippen LogP contribution in [0.2, 0.25) is 0 Å². The SMILES string of the molecule is CC(=NNS(=O)(=O)c1ccc(C)cc1)c1ccc2ccccc2c1. The van der Waals surface area contributed by atoms with Crippen molar-refractivity contribution in [3.05, 3.63) is 77.9 Å². The molecule has 24 heavy (non-hydrogen) atoms. The zero-order chi connectivity index (χ0) is 17.2. The van der Waals surface area contributed by atoms with Gasteiger partial charge in [-0.1, -0.05) is 54.1 Å². The Morgan fingerprint density at radius 3 is 2.29 bits per heavy atom. The number of nitrogens with one attached hydrogen (secondary N) is 1. The summed E-state index contributed by atoms with van der Waals surface area (Å²) in [6.45, 7) is 3.69. The summed E-state index contributed by atoms with van der Waals surface area (Å²) in [4.78, 5) is 2.50. The van der Waals surface area contributed by atoms with Crippen LogP contribution in [0.25, 0.3) is 10.8 Å². The quantitative estimate of drug-likeness (QED) is 0.580. The van der Waals surface area contributed by atoms with E-state index in [1.165, 1.54) is 0 Å². The summed E-state index contributed by atoms with van der Waals surface area (Å²) in [6.07, 6.45) is 0. The molecule has 0 amide bonds. The third kappa shape index (κ3) is 3.46. The van der Waals surface area contributed by atoms with E-state index in [0.29, 0.717) is 5.71 Å². The lowest BCUT2D eigenvalue weighted by Crippen LogP contribution is -2.19. The molecule has 4 nitrogen and oxygen atoms in total. The summed E-state index contributed by atoms with van der Waals surface area (Å²) in [7, 11) is -3.66. The van der Waals surface area contributed by atoms with Crippen molar-refractivity contribution in [3.8, 4) is 0 Å². The zero-order valence-corrected chi connectivity index (χ0v) is 14.3. The molecule has 3 rings (SSSR count). The molecule has 0 fully saturated rings. The summed E-state index contributed by atoms with van der Waals surface area (Å²) in [6, 6.07) is 20.6. The van der Waals surface area contributed by atoms with E-state index in [1.54, 1.807) is 31.2 Å². The maximum atomic E-state index is 12.3. The molecule has 0 unspecified atom stereocenters. The van der Waals surface area contributed by atoms with Gasteiger partial charge in [0.15, 0.2) is 0 Å². The van der Waals surface area contributed by atoms with E-state index in [2.05, 4.69) is 9.93 Å². The van der Waals surface area contributed by atoms with Crippen molar-refractivity contribution in [1.29, 1.82) is 0 Å². The summed E-state index contributed by atoms with van der Waals surface area (Å²) in [5, 5.41) is 6.27. The van der Waals surface area contributed by atoms with E-state index < -0.39 is 10.0 Å². The minimum absolute atomic E-state index is 0.197. The average molecular weight is 338 g/mol. The third-order valence-electron chi connectivity index (χ3n) is 3.83. The van der Waals surface area contributed by atoms with Crippen molar-refractivity contribution in [2.75, 3.05) is 0 Å². The molecule has 0 aliphatic heterocycles. The van der Waals surface area contributed by atoms with Gasteiger partial charge in [0.1, 0.15) is 0 Å². The van der Waals surface area contributed by atoms with E-state index in [4.69, 9.17) is 0 Å². The number of fused-ring (bicyclic) bond motifs is 1. The van der Waals surface area contributed by atoms with Gasteiger partial charge in [0.2, 0.25) is 0 Å². The lowest BCUT2D eigenvalue weighted by atomic mass is 10.0. The first kappa shape index (κ1) is 16.2. The van der Waals surface area contributed by atoms with Gasteiger partial charge in [-0.2, -0.15) is 18.4 Å². The molecule has 0 bridgehead atoms. The molecule has 0 aliphatic rings. The lowest BCUT2D eigenvalue weighted by molar-refractivity contribution is 0.584. The standard InChI is InChI=1S/C19H18N2O2S/c1-14-7-11-19(12-8-14)24(22,23)21-20-15(2)17-10-9-16-5-3-4-6-18(16)13-17/h3-13,21H,1-2H3. The summed E-state index contributed by atoms with van der Waals surface area (Å²) >= 11 is 0. The van der Waals surface area contributed by atoms with Crippen molar-refractivity contribution >= 4 is 26.5 Å². The number of nitrogens with zero attached hydrogens (tertiary/aromatic N) is 1. The van der Waals surface area contributed by atoms with Crippen LogP contribution >= 0.6 is 0 Å². The van der Waals surface area contributed by atoms with Crippen molar-refractivity contribution < 1.29 is 8.42 Å². The molecule has 122 valence electrons. The first-order valence-corrected chi connectivity index (χ1v) is 9.06. The normalized spacial score (nSPS) is 12.3. The molecule has 0 radical (unpaired) electrons. The first-order valence-electron chi connectivity index (χ1n) is 7.58. The molecule has 3 aromatic carbocycles. The zero-order valence-electron chi connectivity index (χ0n) is 13.5. The van der Waals surface area contributed by atoms with Gasteiger partial charge in [0.05, 0.1) is 10.6 Å². The monoisotopic (exact) mass is 338 g/mol. The molecular weight excluding hydrogens is 320 g/mol. The van der Waals surface area contributed by atoms with Crippen LogP contribution in [0, 0.1) is 6.92 Å². The molecule has 0 heterocycles. The number of sulfonamides is 1. The van der Waals surface area contributed by atoms with Gasteiger partial charge in [0.25, 0.3) is 10.0 Å². The fourth-order valence-electron chi connectivity index (χ4n) is 2.38. The van der Waals surface area contributed by atoms with Crippen molar-refractivity contribution in [1.82, 2.24) is 4.83 Å². The minimum atomic E-state index is -3.66. The molecule has 0 atom stereocenters. The predicted molar refractivity (Wildman–Crippen MR) is 97.7 cm³/mol. The van der Waals surface area contributed by atoms with Crippen LogP contribution in [0.5, 0.6) is 0 Å². The van der Waals surface area contributed by atoms with Crippen LogP contribution in [0.1, 0.15) is 18.1 Å². The van der Waals surface area contributed by atoms with Gasteiger partial charge in [-0.25, -0.2) is 0 Å². The Balaban J connectivity index is 1.85. The Hall–Kier alpha value is -2.66. The maximum Gasteiger partial charge on any atom is 0.276 e. The van der Waals surface area contributed by atoms with Gasteiger partial charge < -0.3 is 0 Å². The van der Waals surface area contributed by atoms with Crippen molar-refractivity contribution in [2.24, 2.45) is 5.10 Å². The molecule has 1 N–H and O–H groups in total. The number of hydrogen-bond donors (Lipinski definition) is 1. The minimum Gasteiger partial charge on any atom is -0.200 e. The number of rotatable bonds is 4. The van der Waals surface area contributed by atoms with E-state index in [9.17, 15) is 8.42 Å². The van der Waals surface area contributed by atoms with E-state index in [-0.39, 0.29) is 4.90 Å². The van der Waals surface area contributed by atoms with E-state index >= 15 is 0 Å². The number of aryl methyl sites for hydroxylation is 1. The fourth-order valence-corrected chi connectivity index (χ4v) is 3.23. The highest BCUT2D eigenvalue weighted by molar-refractivity contribution is 7.89. The maximum absolute atomic E-state index is 12.3. The van der Waals surface area contributed by atoms with E-state index in [1.807, 2.05) is 49.4 Å². The average Bonchev–Trinajstić information content (AvgIpc) is 2.59. The van der Waals surface area contributed by atoms with Gasteiger partial charge >= 0.3 is 0 Å². The molecule has 0 spiro atoms. The van der Waals surface area contributed by atoms with Gasteiger partial charge in [-0.3, -0.25) is 0 Å². The van der Waals surface area contributed by atoms with E-state index in [0.717, 1.165) is 21.9 Å². The summed E-state index contributed by atoms with van der Waals surface area (Å²) in [5.41, 5.74) is 2.49. The Kier molecular flexibility index (Phi) is 4.36. The Labute approximate surface area is 141 Å². The molecule has 5 heteroatoms. The second kappa shape index (κ2) is 6.45. The fraction of sp³-hybridized carbons (Fsp3) is 0.105. The van der Waals surface area contributed by atoms with Crippen molar-refractivity contribution in [3.63, 3.8) is 0 Å². The highest BCUT2D eigenvalue weighted by Gasteiger charge is 2.12. The molecular formula is C19H18N2O2S. The highest BCUT2D eigenvalue weighted by atomic mass is 32.2. The molecule has 0 aromatic heterocycles.